The van der Waals surface area contributed by atoms with Gasteiger partial charge in [0.2, 0.25) is 0 Å². The van der Waals surface area contributed by atoms with Crippen molar-refractivity contribution in [3.8, 4) is 0 Å². The molecule has 1 rings (SSSR count). The highest BCUT2D eigenvalue weighted by molar-refractivity contribution is 5.76. The molecule has 1 aromatic carbocycles. The van der Waals surface area contributed by atoms with E-state index in [1.54, 1.807) is 0 Å². The van der Waals surface area contributed by atoms with Gasteiger partial charge in [-0.25, -0.2) is 0 Å². The molecule has 5 heteroatoms. The molecule has 92 valence electrons. The summed E-state index contributed by atoms with van der Waals surface area (Å²) in [6.45, 7) is 0. The molecular formula is C12H15NO4. The van der Waals surface area contributed by atoms with Crippen molar-refractivity contribution in [3.05, 3.63) is 35.9 Å². The molecule has 0 aromatic heterocycles. The summed E-state index contributed by atoms with van der Waals surface area (Å²) < 4.78 is 0. The maximum Gasteiger partial charge on any atom is 0.320 e. The molecule has 0 spiro atoms. The third kappa shape index (κ3) is 4.24. The number of rotatable bonds is 6. The average Bonchev–Trinajstić information content (AvgIpc) is 2.29. The third-order valence-corrected chi connectivity index (χ3v) is 2.53. The summed E-state index contributed by atoms with van der Waals surface area (Å²) in [7, 11) is 0. The Kier molecular flexibility index (Phi) is 4.66. The molecule has 4 N–H and O–H groups in total. The molecular weight excluding hydrogens is 222 g/mol. The predicted octanol–water partition coefficient (Wildman–Crippen LogP) is 0.732. The van der Waals surface area contributed by atoms with Crippen LogP contribution in [0.3, 0.4) is 0 Å². The first kappa shape index (κ1) is 13.2. The minimum absolute atomic E-state index is 0.0699. The van der Waals surface area contributed by atoms with E-state index in [0.29, 0.717) is 0 Å². The predicted molar refractivity (Wildman–Crippen MR) is 61.5 cm³/mol. The zero-order valence-electron chi connectivity index (χ0n) is 9.24. The zero-order chi connectivity index (χ0) is 12.8. The lowest BCUT2D eigenvalue weighted by Gasteiger charge is -2.14. The molecule has 17 heavy (non-hydrogen) atoms. The van der Waals surface area contributed by atoms with Crippen LogP contribution in [0.5, 0.6) is 0 Å². The largest absolute Gasteiger partial charge is 0.481 e. The summed E-state index contributed by atoms with van der Waals surface area (Å²) in [6, 6.07) is 7.93. The van der Waals surface area contributed by atoms with Gasteiger partial charge < -0.3 is 15.9 Å². The number of carboxylic acids is 2. The second kappa shape index (κ2) is 6.00. The molecule has 5 nitrogen and oxygen atoms in total. The summed E-state index contributed by atoms with van der Waals surface area (Å²) in [4.78, 5) is 21.6. The molecule has 0 aliphatic heterocycles. The van der Waals surface area contributed by atoms with Crippen LogP contribution >= 0.6 is 0 Å². The van der Waals surface area contributed by atoms with Crippen LogP contribution in [-0.4, -0.2) is 28.2 Å². The highest BCUT2D eigenvalue weighted by Crippen LogP contribution is 2.14. The van der Waals surface area contributed by atoms with Gasteiger partial charge in [0.05, 0.1) is 5.92 Å². The summed E-state index contributed by atoms with van der Waals surface area (Å²) >= 11 is 0. The fraction of sp³-hybridized carbons (Fsp3) is 0.333. The highest BCUT2D eigenvalue weighted by Gasteiger charge is 2.24. The minimum Gasteiger partial charge on any atom is -0.481 e. The monoisotopic (exact) mass is 237 g/mol. The number of hydrogen-bond acceptors (Lipinski definition) is 3. The first-order chi connectivity index (χ1) is 8.00. The minimum atomic E-state index is -1.18. The Morgan fingerprint density at radius 2 is 1.71 bits per heavy atom. The fourth-order valence-electron chi connectivity index (χ4n) is 1.58. The van der Waals surface area contributed by atoms with Crippen molar-refractivity contribution in [1.29, 1.82) is 0 Å². The molecule has 0 amide bonds. The first-order valence-corrected chi connectivity index (χ1v) is 5.26. The Hall–Kier alpha value is -1.88. The molecule has 0 fully saturated rings. The Bertz CT molecular complexity index is 391. The molecule has 2 atom stereocenters. The number of carbonyl (C=O) groups is 2. The molecule has 0 aliphatic carbocycles. The van der Waals surface area contributed by atoms with E-state index in [1.807, 2.05) is 30.3 Å². The van der Waals surface area contributed by atoms with E-state index in [4.69, 9.17) is 15.9 Å². The maximum absolute atomic E-state index is 11.0. The number of benzene rings is 1. The number of nitrogens with two attached hydrogens (primary N) is 1. The number of aliphatic carboxylic acids is 2. The standard InChI is InChI=1S/C12H15NO4/c13-10(12(16)17)7-9(11(14)15)6-8-4-2-1-3-5-8/h1-5,9-10H,6-7,13H2,(H,14,15)(H,16,17)/t9-,10+/m1/s1. The molecule has 0 unspecified atom stereocenters. The van der Waals surface area contributed by atoms with Crippen molar-refractivity contribution in [1.82, 2.24) is 0 Å². The van der Waals surface area contributed by atoms with Crippen LogP contribution in [0, 0.1) is 5.92 Å². The third-order valence-electron chi connectivity index (χ3n) is 2.53. The Morgan fingerprint density at radius 3 is 2.18 bits per heavy atom. The summed E-state index contributed by atoms with van der Waals surface area (Å²) in [5.41, 5.74) is 6.20. The molecule has 0 saturated heterocycles. The zero-order valence-corrected chi connectivity index (χ0v) is 9.24. The Labute approximate surface area is 98.9 Å². The molecule has 0 saturated carbocycles. The summed E-state index contributed by atoms with van der Waals surface area (Å²) in [5.74, 6) is -2.97. The lowest BCUT2D eigenvalue weighted by Crippen LogP contribution is -2.35. The Balaban J connectivity index is 2.67. The van der Waals surface area contributed by atoms with Crippen molar-refractivity contribution in [2.45, 2.75) is 18.9 Å². The van der Waals surface area contributed by atoms with Gasteiger partial charge in [-0.3, -0.25) is 9.59 Å². The highest BCUT2D eigenvalue weighted by atomic mass is 16.4. The van der Waals surface area contributed by atoms with Crippen LogP contribution in [0.25, 0.3) is 0 Å². The molecule has 0 radical (unpaired) electrons. The lowest BCUT2D eigenvalue weighted by atomic mass is 9.93. The Morgan fingerprint density at radius 1 is 1.12 bits per heavy atom. The second-order valence-corrected chi connectivity index (χ2v) is 3.91. The van der Waals surface area contributed by atoms with Crippen LogP contribution in [0.15, 0.2) is 30.3 Å². The van der Waals surface area contributed by atoms with Gasteiger partial charge in [-0.15, -0.1) is 0 Å². The van der Waals surface area contributed by atoms with Gasteiger partial charge in [-0.05, 0) is 18.4 Å². The maximum atomic E-state index is 11.0. The average molecular weight is 237 g/mol. The van der Waals surface area contributed by atoms with Gasteiger partial charge in [-0.2, -0.15) is 0 Å². The van der Waals surface area contributed by atoms with E-state index in [1.165, 1.54) is 0 Å². The van der Waals surface area contributed by atoms with Crippen molar-refractivity contribution >= 4 is 11.9 Å². The molecule has 0 heterocycles. The van der Waals surface area contributed by atoms with Gasteiger partial charge in [-0.1, -0.05) is 30.3 Å². The van der Waals surface area contributed by atoms with Crippen LogP contribution in [0.2, 0.25) is 0 Å². The van der Waals surface area contributed by atoms with Crippen LogP contribution in [0.1, 0.15) is 12.0 Å². The van der Waals surface area contributed by atoms with E-state index in [-0.39, 0.29) is 12.8 Å². The van der Waals surface area contributed by atoms with Gasteiger partial charge in [0.25, 0.3) is 0 Å². The van der Waals surface area contributed by atoms with E-state index in [0.717, 1.165) is 5.56 Å². The van der Waals surface area contributed by atoms with Gasteiger partial charge >= 0.3 is 11.9 Å². The van der Waals surface area contributed by atoms with E-state index in [9.17, 15) is 9.59 Å². The van der Waals surface area contributed by atoms with Crippen molar-refractivity contribution in [2.24, 2.45) is 11.7 Å². The molecule has 1 aromatic rings. The van der Waals surface area contributed by atoms with E-state index >= 15 is 0 Å². The SMILES string of the molecule is N[C@@H](C[C@@H](Cc1ccccc1)C(=O)O)C(=O)O. The second-order valence-electron chi connectivity index (χ2n) is 3.91. The van der Waals surface area contributed by atoms with Crippen molar-refractivity contribution < 1.29 is 19.8 Å². The lowest BCUT2D eigenvalue weighted by molar-refractivity contribution is -0.143. The smallest absolute Gasteiger partial charge is 0.320 e. The van der Waals surface area contributed by atoms with E-state index in [2.05, 4.69) is 0 Å². The quantitative estimate of drug-likeness (QED) is 0.677. The van der Waals surface area contributed by atoms with Gasteiger partial charge in [0.1, 0.15) is 6.04 Å². The first-order valence-electron chi connectivity index (χ1n) is 5.26. The van der Waals surface area contributed by atoms with Crippen LogP contribution in [-0.2, 0) is 16.0 Å². The van der Waals surface area contributed by atoms with Crippen molar-refractivity contribution in [2.75, 3.05) is 0 Å². The van der Waals surface area contributed by atoms with Crippen LogP contribution in [0.4, 0.5) is 0 Å². The van der Waals surface area contributed by atoms with Gasteiger partial charge in [0, 0.05) is 0 Å². The number of hydrogen-bond donors (Lipinski definition) is 3. The normalized spacial score (nSPS) is 13.9. The van der Waals surface area contributed by atoms with Crippen LogP contribution < -0.4 is 5.73 Å². The molecule has 0 aliphatic rings. The van der Waals surface area contributed by atoms with Gasteiger partial charge in [0.15, 0.2) is 0 Å². The summed E-state index contributed by atoms with van der Waals surface area (Å²) in [6.07, 6.45) is 0.219. The van der Waals surface area contributed by atoms with Crippen molar-refractivity contribution in [3.63, 3.8) is 0 Å². The number of carboxylic acid groups (broad SMARTS) is 2. The summed E-state index contributed by atoms with van der Waals surface area (Å²) in [5, 5.41) is 17.7. The fourth-order valence-corrected chi connectivity index (χ4v) is 1.58. The topological polar surface area (TPSA) is 101 Å². The van der Waals surface area contributed by atoms with E-state index < -0.39 is 23.9 Å². The molecule has 0 bridgehead atoms.